The Kier molecular flexibility index (Phi) is 4.26. The van der Waals surface area contributed by atoms with Gasteiger partial charge in [-0.2, -0.15) is 0 Å². The Hall–Kier alpha value is -1.75. The van der Waals surface area contributed by atoms with Gasteiger partial charge in [-0.25, -0.2) is 4.79 Å². The highest BCUT2D eigenvalue weighted by Crippen LogP contribution is 1.79. The summed E-state index contributed by atoms with van der Waals surface area (Å²) in [5.41, 5.74) is 12.9. The summed E-state index contributed by atoms with van der Waals surface area (Å²) < 4.78 is 0. The number of amidine groups is 1. The molecule has 0 bridgehead atoms. The maximum absolute atomic E-state index is 10.1. The molecular formula is C4H7N5O2. The lowest BCUT2D eigenvalue weighted by Crippen LogP contribution is -2.16. The second kappa shape index (κ2) is 5.07. The van der Waals surface area contributed by atoms with E-state index in [2.05, 4.69) is 20.0 Å². The molecule has 11 heavy (non-hydrogen) atoms. The van der Waals surface area contributed by atoms with Crippen molar-refractivity contribution in [1.29, 1.82) is 0 Å². The van der Waals surface area contributed by atoms with Crippen molar-refractivity contribution in [3.05, 3.63) is 10.4 Å². The number of carbonyl (C=O) groups is 1. The largest absolute Gasteiger partial charge is 0.384 e. The summed E-state index contributed by atoms with van der Waals surface area (Å²) in [4.78, 5) is 16.7. The molecule has 0 amide bonds. The molecule has 0 aromatic carbocycles. The first-order chi connectivity index (χ1) is 5.16. The molecule has 7 heteroatoms. The highest BCUT2D eigenvalue weighted by atomic mass is 16.7. The minimum Gasteiger partial charge on any atom is -0.384 e. The van der Waals surface area contributed by atoms with Gasteiger partial charge in [0, 0.05) is 11.8 Å². The number of carbonyl (C=O) groups excluding carboxylic acids is 1. The Morgan fingerprint density at radius 2 is 2.45 bits per heavy atom. The minimum atomic E-state index is -0.575. The summed E-state index contributed by atoms with van der Waals surface area (Å²) in [6.07, 6.45) is 0. The fourth-order valence-electron chi connectivity index (χ4n) is 0.256. The quantitative estimate of drug-likeness (QED) is 0.119. The van der Waals surface area contributed by atoms with Crippen LogP contribution in [0.25, 0.3) is 10.4 Å². The molecule has 0 rings (SSSR count). The number of hydrogen-bond acceptors (Lipinski definition) is 4. The van der Waals surface area contributed by atoms with E-state index < -0.39 is 5.97 Å². The normalized spacial score (nSPS) is 10.1. The Morgan fingerprint density at radius 3 is 2.91 bits per heavy atom. The zero-order valence-corrected chi connectivity index (χ0v) is 5.89. The van der Waals surface area contributed by atoms with Crippen molar-refractivity contribution in [2.45, 2.75) is 6.92 Å². The molecule has 7 nitrogen and oxygen atoms in total. The van der Waals surface area contributed by atoms with Gasteiger partial charge in [-0.3, -0.25) is 0 Å². The van der Waals surface area contributed by atoms with Gasteiger partial charge in [-0.15, -0.1) is 0 Å². The van der Waals surface area contributed by atoms with Crippen LogP contribution >= 0.6 is 0 Å². The molecule has 0 aromatic rings. The second-order valence-electron chi connectivity index (χ2n) is 1.55. The van der Waals surface area contributed by atoms with Crippen LogP contribution < -0.4 is 5.73 Å². The minimum absolute atomic E-state index is 0.0435. The molecule has 0 unspecified atom stereocenters. The van der Waals surface area contributed by atoms with E-state index in [1.807, 2.05) is 0 Å². The van der Waals surface area contributed by atoms with E-state index in [1.54, 1.807) is 0 Å². The Labute approximate surface area is 62.4 Å². The molecule has 60 valence electrons. The lowest BCUT2D eigenvalue weighted by Gasteiger charge is -1.92. The molecule has 0 saturated heterocycles. The van der Waals surface area contributed by atoms with Crippen LogP contribution in [0.15, 0.2) is 10.3 Å². The summed E-state index contributed by atoms with van der Waals surface area (Å²) >= 11 is 0. The Bertz CT molecular complexity index is 217. The van der Waals surface area contributed by atoms with Crippen molar-refractivity contribution in [1.82, 2.24) is 0 Å². The molecule has 0 radical (unpaired) electrons. The summed E-state index contributed by atoms with van der Waals surface area (Å²) in [5, 5.41) is 6.22. The van der Waals surface area contributed by atoms with E-state index in [9.17, 15) is 4.79 Å². The van der Waals surface area contributed by atoms with Gasteiger partial charge in [-0.05, 0) is 5.53 Å². The molecule has 0 fully saturated rings. The van der Waals surface area contributed by atoms with Crippen molar-refractivity contribution >= 4 is 11.8 Å². The van der Waals surface area contributed by atoms with Crippen LogP contribution in [0.3, 0.4) is 0 Å². The molecular weight excluding hydrogens is 150 g/mol. The third-order valence-corrected chi connectivity index (χ3v) is 0.587. The summed E-state index contributed by atoms with van der Waals surface area (Å²) in [7, 11) is 0. The number of rotatable bonds is 3. The highest BCUT2D eigenvalue weighted by Gasteiger charge is 1.92. The van der Waals surface area contributed by atoms with Gasteiger partial charge in [0.05, 0.1) is 6.54 Å². The van der Waals surface area contributed by atoms with Crippen molar-refractivity contribution in [3.63, 3.8) is 0 Å². The SMILES string of the molecule is CC(=O)O/N=C(/N)CN=[N+]=[N-]. The summed E-state index contributed by atoms with van der Waals surface area (Å²) in [6.45, 7) is 1.08. The average Bonchev–Trinajstić information content (AvgIpc) is 1.97. The number of nitrogens with zero attached hydrogens (tertiary/aromatic N) is 4. The van der Waals surface area contributed by atoms with Gasteiger partial charge in [0.2, 0.25) is 0 Å². The maximum atomic E-state index is 10.1. The van der Waals surface area contributed by atoms with Crippen LogP contribution in [0.5, 0.6) is 0 Å². The van der Waals surface area contributed by atoms with Crippen LogP contribution in [0.1, 0.15) is 6.92 Å². The van der Waals surface area contributed by atoms with Gasteiger partial charge < -0.3 is 10.6 Å². The van der Waals surface area contributed by atoms with Crippen molar-refractivity contribution in [3.8, 4) is 0 Å². The molecule has 0 aliphatic carbocycles. The van der Waals surface area contributed by atoms with Gasteiger partial charge in [0.15, 0.2) is 0 Å². The topological polar surface area (TPSA) is 113 Å². The van der Waals surface area contributed by atoms with E-state index >= 15 is 0 Å². The average molecular weight is 157 g/mol. The summed E-state index contributed by atoms with van der Waals surface area (Å²) in [5.74, 6) is -0.619. The molecule has 0 atom stereocenters. The lowest BCUT2D eigenvalue weighted by atomic mass is 10.6. The fourth-order valence-corrected chi connectivity index (χ4v) is 0.256. The predicted octanol–water partition coefficient (Wildman–Crippen LogP) is 0.132. The van der Waals surface area contributed by atoms with Gasteiger partial charge in [0.1, 0.15) is 5.84 Å². The van der Waals surface area contributed by atoms with Gasteiger partial charge in [0.25, 0.3) is 0 Å². The first-order valence-electron chi connectivity index (χ1n) is 2.67. The fraction of sp³-hybridized carbons (Fsp3) is 0.500. The number of oxime groups is 1. The van der Waals surface area contributed by atoms with E-state index in [4.69, 9.17) is 11.3 Å². The number of nitrogens with two attached hydrogens (primary N) is 1. The third kappa shape index (κ3) is 6.13. The highest BCUT2D eigenvalue weighted by molar-refractivity contribution is 5.82. The first-order valence-corrected chi connectivity index (χ1v) is 2.67. The maximum Gasteiger partial charge on any atom is 0.332 e. The molecule has 0 heterocycles. The van der Waals surface area contributed by atoms with Crippen LogP contribution in [0.4, 0.5) is 0 Å². The van der Waals surface area contributed by atoms with E-state index in [-0.39, 0.29) is 12.4 Å². The van der Waals surface area contributed by atoms with Crippen molar-refractivity contribution < 1.29 is 9.63 Å². The van der Waals surface area contributed by atoms with Crippen molar-refractivity contribution in [2.75, 3.05) is 6.54 Å². The molecule has 0 aromatic heterocycles. The van der Waals surface area contributed by atoms with E-state index in [0.29, 0.717) is 0 Å². The van der Waals surface area contributed by atoms with Crippen LogP contribution in [0.2, 0.25) is 0 Å². The zero-order valence-electron chi connectivity index (χ0n) is 5.89. The molecule has 0 aliphatic rings. The first kappa shape index (κ1) is 9.25. The van der Waals surface area contributed by atoms with Crippen LogP contribution in [-0.2, 0) is 9.63 Å². The smallest absolute Gasteiger partial charge is 0.332 e. The van der Waals surface area contributed by atoms with Crippen LogP contribution in [-0.4, -0.2) is 18.3 Å². The lowest BCUT2D eigenvalue weighted by molar-refractivity contribution is -0.140. The number of hydrogen-bond donors (Lipinski definition) is 1. The zero-order chi connectivity index (χ0) is 8.69. The monoisotopic (exact) mass is 157 g/mol. The molecule has 0 saturated carbocycles. The summed E-state index contributed by atoms with van der Waals surface area (Å²) in [6, 6.07) is 0. The van der Waals surface area contributed by atoms with Gasteiger partial charge >= 0.3 is 5.97 Å². The molecule has 0 spiro atoms. The van der Waals surface area contributed by atoms with Gasteiger partial charge in [-0.1, -0.05) is 10.3 Å². The number of azide groups is 1. The second-order valence-corrected chi connectivity index (χ2v) is 1.55. The molecule has 2 N–H and O–H groups in total. The predicted molar refractivity (Wildman–Crippen MR) is 37.4 cm³/mol. The van der Waals surface area contributed by atoms with Crippen molar-refractivity contribution in [2.24, 2.45) is 16.0 Å². The van der Waals surface area contributed by atoms with E-state index in [0.717, 1.165) is 0 Å². The van der Waals surface area contributed by atoms with Crippen LogP contribution in [0, 0.1) is 0 Å². The Morgan fingerprint density at radius 1 is 1.82 bits per heavy atom. The standard InChI is InChI=1S/C4H7N5O2/c1-3(10)11-8-4(5)2-7-9-6/h2H2,1H3,(H2,5,8). The van der Waals surface area contributed by atoms with E-state index in [1.165, 1.54) is 6.92 Å². The third-order valence-electron chi connectivity index (χ3n) is 0.587. The molecule has 0 aliphatic heterocycles. The Balaban J connectivity index is 3.80.